The molecule has 0 aliphatic heterocycles. The molecule has 0 radical (unpaired) electrons. The Morgan fingerprint density at radius 2 is 1.72 bits per heavy atom. The third-order valence-corrected chi connectivity index (χ3v) is 3.10. The van der Waals surface area contributed by atoms with Crippen molar-refractivity contribution in [3.63, 3.8) is 0 Å². The molecule has 0 bridgehead atoms. The summed E-state index contributed by atoms with van der Waals surface area (Å²) in [6.07, 6.45) is 0. The monoisotopic (exact) mass is 238 g/mol. The molecule has 3 aromatic rings. The maximum absolute atomic E-state index is 5.38. The van der Waals surface area contributed by atoms with Crippen LogP contribution in [0.15, 0.2) is 30.3 Å². The van der Waals surface area contributed by atoms with Crippen LogP contribution in [0.5, 0.6) is 5.75 Å². The molecule has 0 fully saturated rings. The number of ether oxygens (including phenoxy) is 1. The van der Waals surface area contributed by atoms with Gasteiger partial charge in [0.1, 0.15) is 11.3 Å². The molecule has 0 aliphatic carbocycles. The number of para-hydroxylation sites is 1. The van der Waals surface area contributed by atoms with E-state index in [1.807, 2.05) is 31.2 Å². The van der Waals surface area contributed by atoms with Gasteiger partial charge in [0.15, 0.2) is 0 Å². The van der Waals surface area contributed by atoms with Crippen LogP contribution in [0, 0.1) is 13.8 Å². The number of benzene rings is 2. The molecule has 0 unspecified atom stereocenters. The summed E-state index contributed by atoms with van der Waals surface area (Å²) in [5.41, 5.74) is 5.83. The van der Waals surface area contributed by atoms with Gasteiger partial charge >= 0.3 is 0 Å². The van der Waals surface area contributed by atoms with E-state index in [1.165, 1.54) is 0 Å². The third kappa shape index (κ3) is 1.59. The minimum atomic E-state index is 0.779. The van der Waals surface area contributed by atoms with Gasteiger partial charge in [-0.2, -0.15) is 0 Å². The number of hydrogen-bond acceptors (Lipinski definition) is 3. The van der Waals surface area contributed by atoms with Crippen molar-refractivity contribution in [2.45, 2.75) is 13.8 Å². The molecule has 0 atom stereocenters. The molecule has 0 N–H and O–H groups in total. The van der Waals surface area contributed by atoms with E-state index in [2.05, 4.69) is 18.0 Å². The van der Waals surface area contributed by atoms with Gasteiger partial charge < -0.3 is 4.74 Å². The quantitative estimate of drug-likeness (QED) is 0.609. The van der Waals surface area contributed by atoms with Gasteiger partial charge in [-0.3, -0.25) is 0 Å². The van der Waals surface area contributed by atoms with Crippen molar-refractivity contribution in [1.29, 1.82) is 0 Å². The van der Waals surface area contributed by atoms with Crippen LogP contribution in [0.1, 0.15) is 11.1 Å². The van der Waals surface area contributed by atoms with Crippen LogP contribution in [0.4, 0.5) is 0 Å². The molecule has 3 heteroatoms. The molecule has 18 heavy (non-hydrogen) atoms. The van der Waals surface area contributed by atoms with E-state index in [1.54, 1.807) is 7.11 Å². The van der Waals surface area contributed by atoms with Crippen LogP contribution in [0.2, 0.25) is 0 Å². The molecule has 1 aromatic heterocycles. The lowest BCUT2D eigenvalue weighted by Gasteiger charge is -2.08. The zero-order valence-corrected chi connectivity index (χ0v) is 10.7. The highest BCUT2D eigenvalue weighted by Gasteiger charge is 2.08. The van der Waals surface area contributed by atoms with Crippen molar-refractivity contribution >= 4 is 22.1 Å². The van der Waals surface area contributed by atoms with Gasteiger partial charge in [0, 0.05) is 0 Å². The van der Waals surface area contributed by atoms with E-state index in [9.17, 15) is 0 Å². The summed E-state index contributed by atoms with van der Waals surface area (Å²) in [5.74, 6) is 0.779. The maximum Gasteiger partial charge on any atom is 0.146 e. The molecule has 0 saturated heterocycles. The first-order valence-electron chi connectivity index (χ1n) is 5.91. The van der Waals surface area contributed by atoms with E-state index in [4.69, 9.17) is 9.72 Å². The molecule has 0 spiro atoms. The molecule has 0 saturated carbocycles. The van der Waals surface area contributed by atoms with Gasteiger partial charge in [-0.15, -0.1) is 0 Å². The molecular formula is C15H14N2O. The Hall–Kier alpha value is -2.16. The van der Waals surface area contributed by atoms with Crippen LogP contribution >= 0.6 is 0 Å². The lowest BCUT2D eigenvalue weighted by atomic mass is 10.1. The summed E-state index contributed by atoms with van der Waals surface area (Å²) in [6, 6.07) is 10.1. The highest BCUT2D eigenvalue weighted by molar-refractivity contribution is 5.91. The van der Waals surface area contributed by atoms with Crippen molar-refractivity contribution in [1.82, 2.24) is 9.97 Å². The van der Waals surface area contributed by atoms with E-state index in [0.717, 1.165) is 38.9 Å². The van der Waals surface area contributed by atoms with Crippen LogP contribution in [-0.2, 0) is 0 Å². The fraction of sp³-hybridized carbons (Fsp3) is 0.200. The summed E-state index contributed by atoms with van der Waals surface area (Å²) in [6.45, 7) is 4.08. The maximum atomic E-state index is 5.38. The smallest absolute Gasteiger partial charge is 0.146 e. The van der Waals surface area contributed by atoms with Crippen molar-refractivity contribution < 1.29 is 4.74 Å². The van der Waals surface area contributed by atoms with Crippen LogP contribution in [0.25, 0.3) is 22.1 Å². The molecule has 3 nitrogen and oxygen atoms in total. The van der Waals surface area contributed by atoms with E-state index >= 15 is 0 Å². The fourth-order valence-electron chi connectivity index (χ4n) is 2.20. The van der Waals surface area contributed by atoms with Crippen molar-refractivity contribution in [3.8, 4) is 5.75 Å². The molecular weight excluding hydrogens is 224 g/mol. The number of rotatable bonds is 1. The Labute approximate surface area is 105 Å². The third-order valence-electron chi connectivity index (χ3n) is 3.10. The Balaban J connectivity index is 2.48. The average Bonchev–Trinajstić information content (AvgIpc) is 2.36. The fourth-order valence-corrected chi connectivity index (χ4v) is 2.20. The largest absolute Gasteiger partial charge is 0.494 e. The second-order valence-electron chi connectivity index (χ2n) is 4.50. The van der Waals surface area contributed by atoms with Crippen LogP contribution in [0.3, 0.4) is 0 Å². The van der Waals surface area contributed by atoms with Gasteiger partial charge in [-0.05, 0) is 43.2 Å². The SMILES string of the molecule is COc1cc(C)cc2nc3c(C)cccc3nc12. The minimum Gasteiger partial charge on any atom is -0.494 e. The Bertz CT molecular complexity index is 750. The summed E-state index contributed by atoms with van der Waals surface area (Å²) in [7, 11) is 1.66. The number of hydrogen-bond donors (Lipinski definition) is 0. The Morgan fingerprint density at radius 1 is 0.944 bits per heavy atom. The molecule has 90 valence electrons. The number of methoxy groups -OCH3 is 1. The normalized spacial score (nSPS) is 11.1. The topological polar surface area (TPSA) is 35.0 Å². The number of aryl methyl sites for hydroxylation is 2. The first kappa shape index (κ1) is 11.0. The average molecular weight is 238 g/mol. The number of fused-ring (bicyclic) bond motifs is 2. The van der Waals surface area contributed by atoms with Gasteiger partial charge in [0.25, 0.3) is 0 Å². The van der Waals surface area contributed by atoms with Gasteiger partial charge in [0.05, 0.1) is 23.7 Å². The second kappa shape index (κ2) is 3.95. The molecule has 3 rings (SSSR count). The highest BCUT2D eigenvalue weighted by Crippen LogP contribution is 2.27. The second-order valence-corrected chi connectivity index (χ2v) is 4.50. The Morgan fingerprint density at radius 3 is 2.50 bits per heavy atom. The standard InChI is InChI=1S/C15H14N2O/c1-9-7-12-15(13(8-9)18-3)16-11-6-4-5-10(2)14(11)17-12/h4-8H,1-3H3. The first-order valence-corrected chi connectivity index (χ1v) is 5.91. The van der Waals surface area contributed by atoms with Crippen LogP contribution in [-0.4, -0.2) is 17.1 Å². The van der Waals surface area contributed by atoms with Crippen molar-refractivity contribution in [3.05, 3.63) is 41.5 Å². The summed E-state index contributed by atoms with van der Waals surface area (Å²) >= 11 is 0. The predicted molar refractivity (Wildman–Crippen MR) is 73.1 cm³/mol. The first-order chi connectivity index (χ1) is 8.69. The summed E-state index contributed by atoms with van der Waals surface area (Å²) in [5, 5.41) is 0. The number of nitrogens with zero attached hydrogens (tertiary/aromatic N) is 2. The van der Waals surface area contributed by atoms with Crippen molar-refractivity contribution in [2.24, 2.45) is 0 Å². The van der Waals surface area contributed by atoms with Crippen LogP contribution < -0.4 is 4.74 Å². The Kier molecular flexibility index (Phi) is 2.40. The van der Waals surface area contributed by atoms with E-state index < -0.39 is 0 Å². The highest BCUT2D eigenvalue weighted by atomic mass is 16.5. The molecule has 0 amide bonds. The molecule has 0 aliphatic rings. The van der Waals surface area contributed by atoms with Crippen molar-refractivity contribution in [2.75, 3.05) is 7.11 Å². The lowest BCUT2D eigenvalue weighted by Crippen LogP contribution is -1.94. The zero-order valence-electron chi connectivity index (χ0n) is 10.7. The lowest BCUT2D eigenvalue weighted by molar-refractivity contribution is 0.418. The zero-order chi connectivity index (χ0) is 12.7. The van der Waals surface area contributed by atoms with Gasteiger partial charge in [0.2, 0.25) is 0 Å². The minimum absolute atomic E-state index is 0.779. The summed E-state index contributed by atoms with van der Waals surface area (Å²) < 4.78 is 5.38. The van der Waals surface area contributed by atoms with Gasteiger partial charge in [-0.25, -0.2) is 9.97 Å². The molecule has 1 heterocycles. The van der Waals surface area contributed by atoms with Gasteiger partial charge in [-0.1, -0.05) is 12.1 Å². The van der Waals surface area contributed by atoms with E-state index in [0.29, 0.717) is 0 Å². The number of aromatic nitrogens is 2. The predicted octanol–water partition coefficient (Wildman–Crippen LogP) is 3.41. The molecule has 2 aromatic carbocycles. The summed E-state index contributed by atoms with van der Waals surface area (Å²) in [4.78, 5) is 9.37. The van der Waals surface area contributed by atoms with E-state index in [-0.39, 0.29) is 0 Å².